The lowest BCUT2D eigenvalue weighted by atomic mass is 10.1. The fourth-order valence-electron chi connectivity index (χ4n) is 3.95. The van der Waals surface area contributed by atoms with Gasteiger partial charge in [0.2, 0.25) is 5.95 Å². The van der Waals surface area contributed by atoms with Gasteiger partial charge in [0.05, 0.1) is 7.11 Å². The summed E-state index contributed by atoms with van der Waals surface area (Å²) in [7, 11) is 2.78. The topological polar surface area (TPSA) is 91.4 Å². The molecule has 1 atom stereocenters. The first kappa shape index (κ1) is 19.9. The number of esters is 1. The van der Waals surface area contributed by atoms with E-state index in [1.165, 1.54) is 22.8 Å². The third kappa shape index (κ3) is 3.01. The Morgan fingerprint density at radius 3 is 2.60 bits per heavy atom. The van der Waals surface area contributed by atoms with Gasteiger partial charge < -0.3 is 14.2 Å². The molecular formula is C21H25N5O4. The number of carbonyl (C=O) groups is 1. The number of carbonyl (C=O) groups excluding carboxylic acids is 1. The first-order chi connectivity index (χ1) is 14.2. The van der Waals surface area contributed by atoms with Crippen molar-refractivity contribution >= 4 is 28.8 Å². The molecule has 1 aliphatic rings. The van der Waals surface area contributed by atoms with Crippen LogP contribution in [0.3, 0.4) is 0 Å². The monoisotopic (exact) mass is 411 g/mol. The predicted octanol–water partition coefficient (Wildman–Crippen LogP) is 1.47. The van der Waals surface area contributed by atoms with Gasteiger partial charge in [-0.3, -0.25) is 14.2 Å². The predicted molar refractivity (Wildman–Crippen MR) is 113 cm³/mol. The van der Waals surface area contributed by atoms with Gasteiger partial charge in [0.1, 0.15) is 6.54 Å². The molecule has 0 spiro atoms. The third-order valence-electron chi connectivity index (χ3n) is 5.76. The summed E-state index contributed by atoms with van der Waals surface area (Å²) in [6, 6.07) is 6.21. The zero-order valence-electron chi connectivity index (χ0n) is 17.8. The molecule has 0 radical (unpaired) electrons. The van der Waals surface area contributed by atoms with Gasteiger partial charge in [0.25, 0.3) is 5.56 Å². The fourth-order valence-corrected chi connectivity index (χ4v) is 3.95. The van der Waals surface area contributed by atoms with Crippen molar-refractivity contribution in [3.05, 3.63) is 50.2 Å². The second-order valence-corrected chi connectivity index (χ2v) is 7.99. The zero-order valence-corrected chi connectivity index (χ0v) is 17.8. The number of aromatic nitrogens is 4. The van der Waals surface area contributed by atoms with Crippen molar-refractivity contribution in [3.8, 4) is 0 Å². The third-order valence-corrected chi connectivity index (χ3v) is 5.76. The largest absolute Gasteiger partial charge is 0.468 e. The number of aryl methyl sites for hydroxylation is 3. The van der Waals surface area contributed by atoms with Crippen LogP contribution in [0.15, 0.2) is 27.8 Å². The van der Waals surface area contributed by atoms with Crippen molar-refractivity contribution in [2.45, 2.75) is 33.9 Å². The number of anilines is 2. The highest BCUT2D eigenvalue weighted by Gasteiger charge is 2.30. The highest BCUT2D eigenvalue weighted by atomic mass is 16.5. The molecule has 9 heteroatoms. The fraction of sp³-hybridized carbons (Fsp3) is 0.429. The molecule has 30 heavy (non-hydrogen) atoms. The summed E-state index contributed by atoms with van der Waals surface area (Å²) in [5.74, 6) is 0.216. The van der Waals surface area contributed by atoms with Crippen molar-refractivity contribution in [2.75, 3.05) is 18.6 Å². The Bertz CT molecular complexity index is 1280. The smallest absolute Gasteiger partial charge is 0.333 e. The lowest BCUT2D eigenvalue weighted by Crippen LogP contribution is -2.42. The Morgan fingerprint density at radius 1 is 1.20 bits per heavy atom. The quantitative estimate of drug-likeness (QED) is 0.606. The number of rotatable bonds is 3. The molecule has 4 rings (SSSR count). The molecule has 0 fully saturated rings. The standard InChI is InChI=1S/C21H25N5O4/c1-12-9-24(15-7-6-13(2)14(3)8-15)20-22-18-17(25(20)10-12)19(28)26(11-16(27)30-5)21(29)23(18)4/h6-8,12H,9-11H2,1-5H3/t12-/m1/s1. The van der Waals surface area contributed by atoms with Gasteiger partial charge in [-0.15, -0.1) is 0 Å². The molecule has 0 unspecified atom stereocenters. The van der Waals surface area contributed by atoms with E-state index in [0.29, 0.717) is 23.7 Å². The van der Waals surface area contributed by atoms with Crippen LogP contribution in [0.1, 0.15) is 18.1 Å². The Hall–Kier alpha value is -3.36. The molecule has 0 N–H and O–H groups in total. The minimum atomic E-state index is -0.656. The molecule has 9 nitrogen and oxygen atoms in total. The number of hydrogen-bond donors (Lipinski definition) is 0. The normalized spacial score (nSPS) is 16.0. The minimum absolute atomic E-state index is 0.252. The first-order valence-electron chi connectivity index (χ1n) is 9.84. The van der Waals surface area contributed by atoms with E-state index in [0.717, 1.165) is 16.8 Å². The lowest BCUT2D eigenvalue weighted by molar-refractivity contribution is -0.141. The van der Waals surface area contributed by atoms with Gasteiger partial charge in [-0.25, -0.2) is 9.36 Å². The Morgan fingerprint density at radius 2 is 1.93 bits per heavy atom. The minimum Gasteiger partial charge on any atom is -0.468 e. The zero-order chi connectivity index (χ0) is 21.7. The van der Waals surface area contributed by atoms with Crippen molar-refractivity contribution in [1.82, 2.24) is 18.7 Å². The second-order valence-electron chi connectivity index (χ2n) is 7.99. The van der Waals surface area contributed by atoms with Crippen LogP contribution in [0.5, 0.6) is 0 Å². The van der Waals surface area contributed by atoms with Crippen LogP contribution >= 0.6 is 0 Å². The summed E-state index contributed by atoms with van der Waals surface area (Å²) in [6.07, 6.45) is 0. The average molecular weight is 411 g/mol. The van der Waals surface area contributed by atoms with Crippen LogP contribution in [0, 0.1) is 19.8 Å². The van der Waals surface area contributed by atoms with E-state index in [4.69, 9.17) is 0 Å². The number of imidazole rings is 1. The van der Waals surface area contributed by atoms with E-state index < -0.39 is 23.8 Å². The van der Waals surface area contributed by atoms with Crippen LogP contribution in [-0.2, 0) is 29.7 Å². The maximum atomic E-state index is 13.2. The SMILES string of the molecule is COC(=O)Cn1c(=O)c2c(nc3n2C[C@H](C)CN3c2ccc(C)c(C)c2)n(C)c1=O. The molecule has 0 aliphatic carbocycles. The van der Waals surface area contributed by atoms with Gasteiger partial charge in [-0.2, -0.15) is 4.98 Å². The molecule has 1 aromatic carbocycles. The van der Waals surface area contributed by atoms with E-state index in [1.54, 1.807) is 7.05 Å². The van der Waals surface area contributed by atoms with Crippen molar-refractivity contribution in [3.63, 3.8) is 0 Å². The van der Waals surface area contributed by atoms with Crippen LogP contribution < -0.4 is 16.1 Å². The van der Waals surface area contributed by atoms with E-state index in [-0.39, 0.29) is 5.92 Å². The van der Waals surface area contributed by atoms with Gasteiger partial charge in [0, 0.05) is 25.8 Å². The molecule has 0 amide bonds. The first-order valence-corrected chi connectivity index (χ1v) is 9.84. The molecule has 0 saturated heterocycles. The number of hydrogen-bond acceptors (Lipinski definition) is 6. The second kappa shape index (κ2) is 7.16. The van der Waals surface area contributed by atoms with Crippen molar-refractivity contribution in [1.29, 1.82) is 0 Å². The Balaban J connectivity index is 1.98. The molecule has 3 aromatic rings. The summed E-state index contributed by atoms with van der Waals surface area (Å²) in [4.78, 5) is 44.4. The lowest BCUT2D eigenvalue weighted by Gasteiger charge is -2.33. The number of fused-ring (bicyclic) bond motifs is 3. The molecule has 158 valence electrons. The van der Waals surface area contributed by atoms with Crippen LogP contribution in [0.2, 0.25) is 0 Å². The Kier molecular flexibility index (Phi) is 4.76. The van der Waals surface area contributed by atoms with Crippen LogP contribution in [0.4, 0.5) is 11.6 Å². The van der Waals surface area contributed by atoms with E-state index in [2.05, 4.69) is 47.5 Å². The molecule has 2 aromatic heterocycles. The van der Waals surface area contributed by atoms with E-state index in [1.807, 2.05) is 10.6 Å². The van der Waals surface area contributed by atoms with Crippen LogP contribution in [0.25, 0.3) is 11.2 Å². The van der Waals surface area contributed by atoms with Crippen molar-refractivity contribution < 1.29 is 9.53 Å². The highest BCUT2D eigenvalue weighted by Crippen LogP contribution is 2.33. The molecule has 0 saturated carbocycles. The number of nitrogens with zero attached hydrogens (tertiary/aromatic N) is 5. The highest BCUT2D eigenvalue weighted by molar-refractivity contribution is 5.78. The van der Waals surface area contributed by atoms with Gasteiger partial charge >= 0.3 is 11.7 Å². The molecule has 1 aliphatic heterocycles. The number of benzene rings is 1. The molecule has 3 heterocycles. The Labute approximate surface area is 173 Å². The summed E-state index contributed by atoms with van der Waals surface area (Å²) < 4.78 is 8.72. The van der Waals surface area contributed by atoms with Gasteiger partial charge in [-0.05, 0) is 43.0 Å². The van der Waals surface area contributed by atoms with Gasteiger partial charge in [0.15, 0.2) is 11.2 Å². The van der Waals surface area contributed by atoms with Gasteiger partial charge in [-0.1, -0.05) is 13.0 Å². The summed E-state index contributed by atoms with van der Waals surface area (Å²) in [5, 5.41) is 0. The number of ether oxygens (including phenoxy) is 1. The molecular weight excluding hydrogens is 386 g/mol. The molecule has 0 bridgehead atoms. The van der Waals surface area contributed by atoms with Crippen LogP contribution in [-0.4, -0.2) is 38.3 Å². The van der Waals surface area contributed by atoms with Crippen molar-refractivity contribution in [2.24, 2.45) is 13.0 Å². The van der Waals surface area contributed by atoms with E-state index in [9.17, 15) is 14.4 Å². The summed E-state index contributed by atoms with van der Waals surface area (Å²) >= 11 is 0. The number of methoxy groups -OCH3 is 1. The maximum absolute atomic E-state index is 13.2. The average Bonchev–Trinajstić information content (AvgIpc) is 3.10. The van der Waals surface area contributed by atoms with E-state index >= 15 is 0 Å². The summed E-state index contributed by atoms with van der Waals surface area (Å²) in [6.45, 7) is 7.14. The summed E-state index contributed by atoms with van der Waals surface area (Å²) in [5.41, 5.74) is 2.85. The maximum Gasteiger partial charge on any atom is 0.333 e.